The van der Waals surface area contributed by atoms with E-state index in [1.165, 1.54) is 11.3 Å². The zero-order chi connectivity index (χ0) is 15.1. The molecule has 2 heterocycles. The highest BCUT2D eigenvalue weighted by Gasteiger charge is 2.32. The Kier molecular flexibility index (Phi) is 4.18. The molecule has 0 aliphatic carbocycles. The van der Waals surface area contributed by atoms with Crippen LogP contribution in [0.1, 0.15) is 47.2 Å². The number of carbonyl (C=O) groups is 1. The number of carboxylic acids is 1. The fourth-order valence-electron chi connectivity index (χ4n) is 2.41. The van der Waals surface area contributed by atoms with E-state index in [1.807, 2.05) is 20.8 Å². The molecule has 1 aliphatic heterocycles. The van der Waals surface area contributed by atoms with E-state index in [-0.39, 0.29) is 11.5 Å². The molecule has 112 valence electrons. The third kappa shape index (κ3) is 3.02. The molecule has 6 heteroatoms. The third-order valence-electron chi connectivity index (χ3n) is 3.68. The highest BCUT2D eigenvalue weighted by molar-refractivity contribution is 7.13. The summed E-state index contributed by atoms with van der Waals surface area (Å²) in [6.07, 6.45) is 0. The average molecular weight is 297 g/mol. The van der Waals surface area contributed by atoms with E-state index in [0.717, 1.165) is 24.6 Å². The van der Waals surface area contributed by atoms with Gasteiger partial charge in [0.1, 0.15) is 9.88 Å². The van der Waals surface area contributed by atoms with Crippen molar-refractivity contribution in [3.8, 4) is 0 Å². The Morgan fingerprint density at radius 1 is 1.35 bits per heavy atom. The summed E-state index contributed by atoms with van der Waals surface area (Å²) in [6, 6.07) is 0.188. The van der Waals surface area contributed by atoms with Crippen LogP contribution in [0.15, 0.2) is 0 Å². The fourth-order valence-corrected chi connectivity index (χ4v) is 3.68. The Morgan fingerprint density at radius 3 is 2.50 bits per heavy atom. The first-order chi connectivity index (χ1) is 9.20. The predicted octanol–water partition coefficient (Wildman–Crippen LogP) is 2.06. The van der Waals surface area contributed by atoms with Crippen LogP contribution in [0.2, 0.25) is 0 Å². The lowest BCUT2D eigenvalue weighted by atomic mass is 9.91. The summed E-state index contributed by atoms with van der Waals surface area (Å²) in [5, 5.41) is 10.3. The molecule has 2 rings (SSSR count). The highest BCUT2D eigenvalue weighted by atomic mass is 32.1. The number of aromatic nitrogens is 1. The Labute approximate surface area is 124 Å². The van der Waals surface area contributed by atoms with Gasteiger partial charge in [-0.25, -0.2) is 9.78 Å². The van der Waals surface area contributed by atoms with Gasteiger partial charge in [0.2, 0.25) is 0 Å². The normalized spacial score (nSPS) is 22.1. The highest BCUT2D eigenvalue weighted by Crippen LogP contribution is 2.34. The molecule has 1 aromatic heterocycles. The maximum Gasteiger partial charge on any atom is 0.347 e. The maximum atomic E-state index is 11.5. The van der Waals surface area contributed by atoms with Crippen LogP contribution in [0.25, 0.3) is 0 Å². The van der Waals surface area contributed by atoms with Crippen LogP contribution in [0.5, 0.6) is 0 Å². The standard InChI is InChI=1S/C14H23N3O2S/c1-14(2,3)11-10(13(18)19)20-12(15-11)9-8-16(4)6-7-17(9)5/h9H,6-8H2,1-5H3,(H,18,19). The first-order valence-electron chi connectivity index (χ1n) is 6.83. The predicted molar refractivity (Wildman–Crippen MR) is 80.6 cm³/mol. The Morgan fingerprint density at radius 2 is 2.00 bits per heavy atom. The number of piperazine rings is 1. The molecule has 0 aromatic carbocycles. The number of aromatic carboxylic acids is 1. The molecule has 1 atom stereocenters. The van der Waals surface area contributed by atoms with Gasteiger partial charge in [0, 0.05) is 25.0 Å². The summed E-state index contributed by atoms with van der Waals surface area (Å²) in [5.74, 6) is -0.870. The van der Waals surface area contributed by atoms with Gasteiger partial charge in [-0.15, -0.1) is 11.3 Å². The molecule has 1 unspecified atom stereocenters. The summed E-state index contributed by atoms with van der Waals surface area (Å²) >= 11 is 1.33. The van der Waals surface area contributed by atoms with Crippen molar-refractivity contribution in [3.05, 3.63) is 15.6 Å². The van der Waals surface area contributed by atoms with Gasteiger partial charge in [0.15, 0.2) is 0 Å². The van der Waals surface area contributed by atoms with E-state index in [2.05, 4.69) is 28.9 Å². The molecule has 5 nitrogen and oxygen atoms in total. The largest absolute Gasteiger partial charge is 0.477 e. The van der Waals surface area contributed by atoms with Crippen LogP contribution in [0.3, 0.4) is 0 Å². The van der Waals surface area contributed by atoms with Crippen molar-refractivity contribution in [2.45, 2.75) is 32.2 Å². The minimum atomic E-state index is -0.870. The van der Waals surface area contributed by atoms with Crippen LogP contribution in [0.4, 0.5) is 0 Å². The van der Waals surface area contributed by atoms with Gasteiger partial charge >= 0.3 is 5.97 Å². The molecule has 1 saturated heterocycles. The number of rotatable bonds is 2. The number of thiazole rings is 1. The Balaban J connectivity index is 2.40. The van der Waals surface area contributed by atoms with Gasteiger partial charge < -0.3 is 10.0 Å². The van der Waals surface area contributed by atoms with Gasteiger partial charge in [-0.1, -0.05) is 20.8 Å². The molecule has 1 aliphatic rings. The molecule has 0 radical (unpaired) electrons. The molecule has 0 saturated carbocycles. The quantitative estimate of drug-likeness (QED) is 0.905. The van der Waals surface area contributed by atoms with E-state index in [9.17, 15) is 9.90 Å². The van der Waals surface area contributed by atoms with E-state index < -0.39 is 5.97 Å². The minimum absolute atomic E-state index is 0.188. The van der Waals surface area contributed by atoms with Crippen molar-refractivity contribution < 1.29 is 9.90 Å². The number of hydrogen-bond donors (Lipinski definition) is 1. The SMILES string of the molecule is CN1CCN(C)C(c2nc(C(C)(C)C)c(C(=O)O)s2)C1. The van der Waals surface area contributed by atoms with Crippen LogP contribution < -0.4 is 0 Å². The summed E-state index contributed by atoms with van der Waals surface area (Å²) < 4.78 is 0. The number of carboxylic acid groups (broad SMARTS) is 1. The van der Waals surface area contributed by atoms with Crippen LogP contribution >= 0.6 is 11.3 Å². The fraction of sp³-hybridized carbons (Fsp3) is 0.714. The van der Waals surface area contributed by atoms with Gasteiger partial charge in [-0.2, -0.15) is 0 Å². The van der Waals surface area contributed by atoms with Crippen molar-refractivity contribution in [3.63, 3.8) is 0 Å². The summed E-state index contributed by atoms with van der Waals surface area (Å²) in [5.41, 5.74) is 0.452. The van der Waals surface area contributed by atoms with Crippen LogP contribution in [-0.4, -0.2) is 59.6 Å². The van der Waals surface area contributed by atoms with E-state index >= 15 is 0 Å². The lowest BCUT2D eigenvalue weighted by molar-refractivity contribution is 0.0699. The zero-order valence-corrected chi connectivity index (χ0v) is 13.6. The monoisotopic (exact) mass is 297 g/mol. The smallest absolute Gasteiger partial charge is 0.347 e. The van der Waals surface area contributed by atoms with E-state index in [1.54, 1.807) is 0 Å². The van der Waals surface area contributed by atoms with Gasteiger partial charge in [0.05, 0.1) is 11.7 Å². The summed E-state index contributed by atoms with van der Waals surface area (Å²) in [4.78, 5) is 21.0. The van der Waals surface area contributed by atoms with Crippen LogP contribution in [0, 0.1) is 0 Å². The Hall–Kier alpha value is -0.980. The maximum absolute atomic E-state index is 11.5. The van der Waals surface area contributed by atoms with Crippen molar-refractivity contribution >= 4 is 17.3 Å². The lowest BCUT2D eigenvalue weighted by Crippen LogP contribution is -2.44. The molecule has 1 aromatic rings. The molecule has 0 amide bonds. The number of hydrogen-bond acceptors (Lipinski definition) is 5. The summed E-state index contributed by atoms with van der Waals surface area (Å²) in [7, 11) is 4.17. The van der Waals surface area contributed by atoms with Crippen molar-refractivity contribution in [2.24, 2.45) is 0 Å². The van der Waals surface area contributed by atoms with Crippen molar-refractivity contribution in [2.75, 3.05) is 33.7 Å². The molecule has 0 spiro atoms. The topological polar surface area (TPSA) is 56.7 Å². The molecule has 1 N–H and O–H groups in total. The van der Waals surface area contributed by atoms with Crippen LogP contribution in [-0.2, 0) is 5.41 Å². The van der Waals surface area contributed by atoms with Crippen molar-refractivity contribution in [1.82, 2.24) is 14.8 Å². The second-order valence-corrected chi connectivity index (χ2v) is 7.57. The number of likely N-dealkylation sites (N-methyl/N-ethyl adjacent to an activating group) is 2. The molecule has 1 fully saturated rings. The first-order valence-corrected chi connectivity index (χ1v) is 7.65. The minimum Gasteiger partial charge on any atom is -0.477 e. The van der Waals surface area contributed by atoms with Crippen molar-refractivity contribution in [1.29, 1.82) is 0 Å². The van der Waals surface area contributed by atoms with E-state index in [0.29, 0.717) is 10.6 Å². The van der Waals surface area contributed by atoms with Gasteiger partial charge in [-0.05, 0) is 14.1 Å². The molecule has 0 bridgehead atoms. The molecular formula is C14H23N3O2S. The second-order valence-electron chi connectivity index (χ2n) is 6.54. The van der Waals surface area contributed by atoms with E-state index in [4.69, 9.17) is 0 Å². The average Bonchev–Trinajstić information content (AvgIpc) is 2.77. The third-order valence-corrected chi connectivity index (χ3v) is 4.83. The zero-order valence-electron chi connectivity index (χ0n) is 12.8. The van der Waals surface area contributed by atoms with Gasteiger partial charge in [0.25, 0.3) is 0 Å². The van der Waals surface area contributed by atoms with Gasteiger partial charge in [-0.3, -0.25) is 4.90 Å². The molecular weight excluding hydrogens is 274 g/mol. The number of nitrogens with zero attached hydrogens (tertiary/aromatic N) is 3. The summed E-state index contributed by atoms with van der Waals surface area (Å²) in [6.45, 7) is 8.94. The second kappa shape index (κ2) is 5.42. The lowest BCUT2D eigenvalue weighted by Gasteiger charge is -2.36. The first kappa shape index (κ1) is 15.4. The molecule has 20 heavy (non-hydrogen) atoms. The Bertz CT molecular complexity index is 507.